The minimum absolute atomic E-state index is 0.108. The van der Waals surface area contributed by atoms with Gasteiger partial charge in [0.25, 0.3) is 5.91 Å². The highest BCUT2D eigenvalue weighted by Crippen LogP contribution is 2.37. The Morgan fingerprint density at radius 2 is 1.83 bits per heavy atom. The number of carbonyl (C=O) groups is 1. The van der Waals surface area contributed by atoms with Gasteiger partial charge in [-0.2, -0.15) is 4.99 Å². The lowest BCUT2D eigenvalue weighted by molar-refractivity contribution is 0.102. The first kappa shape index (κ1) is 15.3. The largest absolute Gasteiger partial charge is 0.454 e. The number of aliphatic imine (C=N–C) groups is 2. The maximum Gasteiger partial charge on any atom is 0.259 e. The predicted molar refractivity (Wildman–Crippen MR) is 92.7 cm³/mol. The molecule has 2 aromatic rings. The van der Waals surface area contributed by atoms with Crippen LogP contribution >= 0.6 is 0 Å². The second-order valence-electron chi connectivity index (χ2n) is 5.24. The number of rotatable bonds is 1. The number of nitrogens with one attached hydrogen (secondary N) is 1. The fourth-order valence-electron chi connectivity index (χ4n) is 2.28. The molecule has 0 spiro atoms. The summed E-state index contributed by atoms with van der Waals surface area (Å²) < 4.78 is 5.82. The van der Waals surface area contributed by atoms with Gasteiger partial charge < -0.3 is 27.3 Å². The molecule has 24 heavy (non-hydrogen) atoms. The molecule has 1 aliphatic heterocycles. The second kappa shape index (κ2) is 5.92. The summed E-state index contributed by atoms with van der Waals surface area (Å²) in [5, 5.41) is 2.82. The van der Waals surface area contributed by atoms with Gasteiger partial charge in [0.1, 0.15) is 5.75 Å². The Bertz CT molecular complexity index is 884. The van der Waals surface area contributed by atoms with Crippen LogP contribution in [-0.4, -0.2) is 17.8 Å². The molecular formula is C16H16N6O2. The Morgan fingerprint density at radius 1 is 1.08 bits per heavy atom. The number of fused-ring (bicyclic) bond motifs is 2. The van der Waals surface area contributed by atoms with Crippen LogP contribution in [0.1, 0.15) is 15.9 Å². The van der Waals surface area contributed by atoms with Gasteiger partial charge >= 0.3 is 0 Å². The number of aryl methyl sites for hydroxylation is 1. The van der Waals surface area contributed by atoms with Crippen LogP contribution in [0.4, 0.5) is 11.4 Å². The number of anilines is 1. The molecule has 0 atom stereocenters. The highest BCUT2D eigenvalue weighted by atomic mass is 16.5. The minimum atomic E-state index is -0.299. The summed E-state index contributed by atoms with van der Waals surface area (Å²) in [5.74, 6) is 0.395. The fraction of sp³-hybridized carbons (Fsp3) is 0.0625. The zero-order valence-electron chi connectivity index (χ0n) is 12.9. The van der Waals surface area contributed by atoms with E-state index in [0.29, 0.717) is 28.4 Å². The van der Waals surface area contributed by atoms with Crippen LogP contribution in [0.15, 0.2) is 46.4 Å². The molecule has 0 saturated carbocycles. The topological polar surface area (TPSA) is 141 Å². The van der Waals surface area contributed by atoms with E-state index < -0.39 is 0 Å². The van der Waals surface area contributed by atoms with Crippen LogP contribution in [0.3, 0.4) is 0 Å². The van der Waals surface area contributed by atoms with Crippen molar-refractivity contribution in [3.05, 3.63) is 47.5 Å². The Balaban J connectivity index is 2.00. The average Bonchev–Trinajstić information content (AvgIpc) is 2.62. The molecule has 2 aromatic carbocycles. The summed E-state index contributed by atoms with van der Waals surface area (Å²) in [5.41, 5.74) is 18.5. The molecule has 3 rings (SSSR count). The number of ether oxygens (including phenoxy) is 1. The number of carbonyl (C=O) groups excluding carboxylic acids is 1. The van der Waals surface area contributed by atoms with E-state index in [9.17, 15) is 4.79 Å². The highest BCUT2D eigenvalue weighted by molar-refractivity contribution is 6.08. The first-order chi connectivity index (χ1) is 11.4. The van der Waals surface area contributed by atoms with Gasteiger partial charge in [0.15, 0.2) is 11.7 Å². The predicted octanol–water partition coefficient (Wildman–Crippen LogP) is 1.57. The SMILES string of the molecule is Cc1ccc2c(c1)NC(=O)c1cc(N=C(N)N=C(N)N)ccc1O2. The van der Waals surface area contributed by atoms with Gasteiger partial charge in [-0.05, 0) is 42.8 Å². The minimum Gasteiger partial charge on any atom is -0.454 e. The van der Waals surface area contributed by atoms with Crippen LogP contribution in [0.5, 0.6) is 11.5 Å². The molecular weight excluding hydrogens is 308 g/mol. The summed E-state index contributed by atoms with van der Waals surface area (Å²) in [7, 11) is 0. The van der Waals surface area contributed by atoms with E-state index in [-0.39, 0.29) is 17.8 Å². The lowest BCUT2D eigenvalue weighted by Crippen LogP contribution is -2.26. The third kappa shape index (κ3) is 3.12. The summed E-state index contributed by atoms with van der Waals surface area (Å²) in [6, 6.07) is 10.4. The van der Waals surface area contributed by atoms with Crippen molar-refractivity contribution in [2.75, 3.05) is 5.32 Å². The number of nitrogens with zero attached hydrogens (tertiary/aromatic N) is 2. The molecule has 8 heteroatoms. The maximum absolute atomic E-state index is 12.5. The van der Waals surface area contributed by atoms with Gasteiger partial charge in [0.05, 0.1) is 16.9 Å². The molecule has 0 unspecified atom stereocenters. The number of nitrogens with two attached hydrogens (primary N) is 3. The smallest absolute Gasteiger partial charge is 0.259 e. The lowest BCUT2D eigenvalue weighted by atomic mass is 10.1. The molecule has 7 N–H and O–H groups in total. The van der Waals surface area contributed by atoms with E-state index in [1.807, 2.05) is 25.1 Å². The number of amides is 1. The van der Waals surface area contributed by atoms with Crippen molar-refractivity contribution in [3.8, 4) is 11.5 Å². The van der Waals surface area contributed by atoms with Gasteiger partial charge in [0, 0.05) is 0 Å². The molecule has 0 saturated heterocycles. The van der Waals surface area contributed by atoms with Crippen LogP contribution in [0.25, 0.3) is 0 Å². The first-order valence-corrected chi connectivity index (χ1v) is 7.10. The van der Waals surface area contributed by atoms with Crippen LogP contribution < -0.4 is 27.3 Å². The van der Waals surface area contributed by atoms with Gasteiger partial charge in [0.2, 0.25) is 5.96 Å². The number of guanidine groups is 2. The first-order valence-electron chi connectivity index (χ1n) is 7.10. The molecule has 1 heterocycles. The van der Waals surface area contributed by atoms with Gasteiger partial charge in [-0.25, -0.2) is 4.99 Å². The number of hydrogen-bond acceptors (Lipinski definition) is 3. The van der Waals surface area contributed by atoms with Crippen molar-refractivity contribution in [2.45, 2.75) is 6.92 Å². The molecule has 0 radical (unpaired) electrons. The van der Waals surface area contributed by atoms with Crippen molar-refractivity contribution in [2.24, 2.45) is 27.2 Å². The van der Waals surface area contributed by atoms with Crippen LogP contribution in [-0.2, 0) is 0 Å². The van der Waals surface area contributed by atoms with Crippen molar-refractivity contribution < 1.29 is 9.53 Å². The molecule has 0 aromatic heterocycles. The van der Waals surface area contributed by atoms with Gasteiger partial charge in [-0.1, -0.05) is 6.07 Å². The Kier molecular flexibility index (Phi) is 3.78. The van der Waals surface area contributed by atoms with Crippen molar-refractivity contribution >= 4 is 29.2 Å². The third-order valence-electron chi connectivity index (χ3n) is 3.30. The average molecular weight is 324 g/mol. The molecule has 0 bridgehead atoms. The Labute approximate surface area is 138 Å². The fourth-order valence-corrected chi connectivity index (χ4v) is 2.28. The summed E-state index contributed by atoms with van der Waals surface area (Å²) >= 11 is 0. The molecule has 8 nitrogen and oxygen atoms in total. The standard InChI is InChI=1S/C16H16N6O2/c1-8-2-4-13-11(6-8)21-14(23)10-7-9(3-5-12(10)24-13)20-16(19)22-15(17)18/h2-7H,1H3,(H,21,23)(H6,17,18,19,20,22). The summed E-state index contributed by atoms with van der Waals surface area (Å²) in [6.07, 6.45) is 0. The molecule has 122 valence electrons. The zero-order valence-corrected chi connectivity index (χ0v) is 12.9. The van der Waals surface area contributed by atoms with Crippen molar-refractivity contribution in [3.63, 3.8) is 0 Å². The third-order valence-corrected chi connectivity index (χ3v) is 3.30. The lowest BCUT2D eigenvalue weighted by Gasteiger charge is -2.08. The molecule has 1 amide bonds. The quantitative estimate of drug-likeness (QED) is 0.465. The van der Waals surface area contributed by atoms with Crippen molar-refractivity contribution in [1.82, 2.24) is 0 Å². The Morgan fingerprint density at radius 3 is 2.58 bits per heavy atom. The Hall–Kier alpha value is -3.55. The second-order valence-corrected chi connectivity index (χ2v) is 5.24. The van der Waals surface area contributed by atoms with E-state index in [4.69, 9.17) is 21.9 Å². The van der Waals surface area contributed by atoms with Crippen LogP contribution in [0.2, 0.25) is 0 Å². The molecule has 1 aliphatic rings. The molecule has 0 aliphatic carbocycles. The maximum atomic E-state index is 12.5. The van der Waals surface area contributed by atoms with E-state index in [0.717, 1.165) is 5.56 Å². The molecule has 0 fully saturated rings. The van der Waals surface area contributed by atoms with E-state index in [2.05, 4.69) is 15.3 Å². The van der Waals surface area contributed by atoms with Gasteiger partial charge in [-0.15, -0.1) is 0 Å². The van der Waals surface area contributed by atoms with Crippen LogP contribution in [0, 0.1) is 6.92 Å². The van der Waals surface area contributed by atoms with Crippen molar-refractivity contribution in [1.29, 1.82) is 0 Å². The number of benzene rings is 2. The zero-order chi connectivity index (χ0) is 17.3. The van der Waals surface area contributed by atoms with E-state index >= 15 is 0 Å². The summed E-state index contributed by atoms with van der Waals surface area (Å²) in [4.78, 5) is 20.1. The number of hydrogen-bond donors (Lipinski definition) is 4. The monoisotopic (exact) mass is 324 g/mol. The van der Waals surface area contributed by atoms with Gasteiger partial charge in [-0.3, -0.25) is 4.79 Å². The highest BCUT2D eigenvalue weighted by Gasteiger charge is 2.21. The summed E-state index contributed by atoms with van der Waals surface area (Å²) in [6.45, 7) is 1.93. The normalized spacial score (nSPS) is 13.0. The van der Waals surface area contributed by atoms with E-state index in [1.165, 1.54) is 0 Å². The van der Waals surface area contributed by atoms with E-state index in [1.54, 1.807) is 18.2 Å².